The third-order valence-electron chi connectivity index (χ3n) is 11.4. The van der Waals surface area contributed by atoms with Crippen LogP contribution in [0.3, 0.4) is 0 Å². The predicted octanol–water partition coefficient (Wildman–Crippen LogP) is 13.3. The minimum absolute atomic E-state index is 0.361. The van der Waals surface area contributed by atoms with Crippen LogP contribution in [0.5, 0.6) is 23.0 Å². The Morgan fingerprint density at radius 2 is 0.619 bits per heavy atom. The van der Waals surface area contributed by atoms with Crippen LogP contribution in [0.25, 0.3) is 0 Å². The van der Waals surface area contributed by atoms with Crippen molar-refractivity contribution in [3.63, 3.8) is 0 Å². The maximum Gasteiger partial charge on any atom is 0.150 e. The summed E-state index contributed by atoms with van der Waals surface area (Å²) < 4.78 is 28.5. The van der Waals surface area contributed by atoms with Crippen molar-refractivity contribution >= 4 is 22.2 Å². The number of aldehydes is 1. The Bertz CT molecular complexity index is 2810. The van der Waals surface area contributed by atoms with E-state index < -0.39 is 0 Å². The lowest BCUT2D eigenvalue weighted by atomic mass is 9.90. The smallest absolute Gasteiger partial charge is 0.150 e. The van der Waals surface area contributed by atoms with E-state index in [0.29, 0.717) is 57.7 Å². The number of hydrogen-bond donors (Lipinski definition) is 0. The highest BCUT2D eigenvalue weighted by molar-refractivity contribution is 9.10. The van der Waals surface area contributed by atoms with Crippen LogP contribution in [0.1, 0.15) is 77.1 Å². The number of ether oxygens (including phenoxy) is 4. The fraction of sp³-hybridized carbons (Fsp3) is 0.140. The summed E-state index contributed by atoms with van der Waals surface area (Å²) in [7, 11) is 0. The van der Waals surface area contributed by atoms with Gasteiger partial charge in [-0.05, 0) is 79.9 Å². The van der Waals surface area contributed by atoms with Gasteiger partial charge in [-0.15, -0.1) is 0 Å². The molecule has 0 fully saturated rings. The second kappa shape index (κ2) is 19.9. The van der Waals surface area contributed by atoms with E-state index in [2.05, 4.69) is 113 Å². The number of hydrogen-bond acceptors (Lipinski definition) is 5. The number of rotatable bonds is 13. The summed E-state index contributed by atoms with van der Waals surface area (Å²) in [6, 6.07) is 62.0. The van der Waals surface area contributed by atoms with Gasteiger partial charge in [-0.2, -0.15) is 0 Å². The van der Waals surface area contributed by atoms with Crippen molar-refractivity contribution in [2.24, 2.45) is 0 Å². The van der Waals surface area contributed by atoms with E-state index in [4.69, 9.17) is 18.9 Å². The van der Waals surface area contributed by atoms with Crippen molar-refractivity contribution < 1.29 is 23.7 Å². The van der Waals surface area contributed by atoms with Gasteiger partial charge in [0.2, 0.25) is 0 Å². The molecule has 8 aromatic carbocycles. The Morgan fingerprint density at radius 3 is 0.937 bits per heavy atom. The van der Waals surface area contributed by atoms with Crippen molar-refractivity contribution in [2.45, 2.75) is 52.1 Å². The minimum Gasteiger partial charge on any atom is -0.488 e. The average Bonchev–Trinajstić information content (AvgIpc) is 3.31. The minimum atomic E-state index is 0.361. The lowest BCUT2D eigenvalue weighted by Gasteiger charge is -2.23. The molecular weight excluding hydrogens is 845 g/mol. The average molecular weight is 892 g/mol. The topological polar surface area (TPSA) is 54.0 Å². The molecule has 8 bridgehead atoms. The van der Waals surface area contributed by atoms with Crippen molar-refractivity contribution in [1.82, 2.24) is 0 Å². The molecule has 5 nitrogen and oxygen atoms in total. The molecule has 8 aromatic rings. The van der Waals surface area contributed by atoms with Crippen LogP contribution in [0.2, 0.25) is 0 Å². The lowest BCUT2D eigenvalue weighted by Crippen LogP contribution is -2.10. The zero-order chi connectivity index (χ0) is 42.8. The van der Waals surface area contributed by atoms with Gasteiger partial charge < -0.3 is 18.9 Å². The molecule has 0 saturated carbocycles. The lowest BCUT2D eigenvalue weighted by molar-refractivity contribution is 0.112. The number of halogens is 1. The quantitative estimate of drug-likeness (QED) is 0.108. The van der Waals surface area contributed by atoms with Gasteiger partial charge >= 0.3 is 0 Å². The fourth-order valence-corrected chi connectivity index (χ4v) is 8.95. The third kappa shape index (κ3) is 10.3. The van der Waals surface area contributed by atoms with Crippen LogP contribution >= 0.6 is 15.9 Å². The van der Waals surface area contributed by atoms with E-state index in [-0.39, 0.29) is 0 Å². The zero-order valence-corrected chi connectivity index (χ0v) is 36.6. The number of fused-ring (bicyclic) bond motifs is 8. The summed E-state index contributed by atoms with van der Waals surface area (Å²) in [6.45, 7) is 1.56. The third-order valence-corrected chi connectivity index (χ3v) is 11.9. The SMILES string of the molecule is O=Cc1cc2c(OCc3ccccc3)c(c1)Cc1cc(Br)cc(c1OCc1ccccc1)Cc1cccc(c1OCc1ccccc1)Cc1cccc(c1OCc1ccccc1)C2. The molecule has 0 spiro atoms. The summed E-state index contributed by atoms with van der Waals surface area (Å²) in [5.74, 6) is 3.20. The molecule has 0 aromatic heterocycles. The first-order chi connectivity index (χ1) is 31.1. The number of benzene rings is 8. The first kappa shape index (κ1) is 41.5. The second-order valence-corrected chi connectivity index (χ2v) is 16.9. The summed E-state index contributed by atoms with van der Waals surface area (Å²) >= 11 is 3.90. The fourth-order valence-electron chi connectivity index (χ4n) is 8.40. The molecule has 0 amide bonds. The standard InChI is InChI=1S/C57H47BrO5/c58-53-33-51-31-48-26-14-24-46(55(48)61-37-41-17-7-2-8-18-41)29-45-23-13-25-47(54(45)60-36-40-15-5-1-6-16-40)30-49-27-44(35-59)28-50(56(49)62-38-42-19-9-3-10-20-42)32-52(34-53)57(51)63-39-43-21-11-4-12-22-43/h1-28,33-35H,29-32,36-39H2. The Hall–Kier alpha value is -6.89. The zero-order valence-electron chi connectivity index (χ0n) is 35.0. The maximum atomic E-state index is 12.8. The molecule has 0 saturated heterocycles. The highest BCUT2D eigenvalue weighted by Crippen LogP contribution is 2.41. The van der Waals surface area contributed by atoms with Gasteiger partial charge in [0.15, 0.2) is 0 Å². The second-order valence-electron chi connectivity index (χ2n) is 16.0. The van der Waals surface area contributed by atoms with Crippen molar-refractivity contribution in [1.29, 1.82) is 0 Å². The highest BCUT2D eigenvalue weighted by atomic mass is 79.9. The van der Waals surface area contributed by atoms with Crippen LogP contribution in [0.15, 0.2) is 186 Å². The van der Waals surface area contributed by atoms with Gasteiger partial charge in [-0.3, -0.25) is 4.79 Å². The molecule has 0 N–H and O–H groups in total. The maximum absolute atomic E-state index is 12.8. The molecule has 312 valence electrons. The normalized spacial score (nSPS) is 12.0. The number of carbonyl (C=O) groups is 1. The first-order valence-electron chi connectivity index (χ1n) is 21.4. The first-order valence-corrected chi connectivity index (χ1v) is 22.2. The largest absolute Gasteiger partial charge is 0.488 e. The molecule has 0 radical (unpaired) electrons. The molecular formula is C57H47BrO5. The van der Waals surface area contributed by atoms with E-state index in [1.54, 1.807) is 0 Å². The highest BCUT2D eigenvalue weighted by Gasteiger charge is 2.23. The Morgan fingerprint density at radius 1 is 0.349 bits per heavy atom. The van der Waals surface area contributed by atoms with Crippen LogP contribution < -0.4 is 18.9 Å². The van der Waals surface area contributed by atoms with Crippen molar-refractivity contribution in [3.8, 4) is 23.0 Å². The van der Waals surface area contributed by atoms with Gasteiger partial charge in [-0.25, -0.2) is 0 Å². The Balaban J connectivity index is 1.24. The van der Waals surface area contributed by atoms with Crippen LogP contribution in [0.4, 0.5) is 0 Å². The van der Waals surface area contributed by atoms with Crippen molar-refractivity contribution in [3.05, 3.63) is 259 Å². The van der Waals surface area contributed by atoms with Crippen LogP contribution in [-0.4, -0.2) is 6.29 Å². The van der Waals surface area contributed by atoms with Gasteiger partial charge in [0.25, 0.3) is 0 Å². The van der Waals surface area contributed by atoms with E-state index in [1.165, 1.54) is 0 Å². The monoisotopic (exact) mass is 890 g/mol. The van der Waals surface area contributed by atoms with Gasteiger partial charge in [0.1, 0.15) is 55.7 Å². The van der Waals surface area contributed by atoms with E-state index in [0.717, 1.165) is 101 Å². The Labute approximate surface area is 378 Å². The van der Waals surface area contributed by atoms with Crippen LogP contribution in [-0.2, 0) is 52.1 Å². The summed E-state index contributed by atoms with van der Waals surface area (Å²) in [4.78, 5) is 12.8. The van der Waals surface area contributed by atoms with E-state index in [1.807, 2.05) is 84.9 Å². The molecule has 63 heavy (non-hydrogen) atoms. The number of para-hydroxylation sites is 2. The van der Waals surface area contributed by atoms with Gasteiger partial charge in [0.05, 0.1) is 0 Å². The van der Waals surface area contributed by atoms with Crippen molar-refractivity contribution in [2.75, 3.05) is 0 Å². The van der Waals surface area contributed by atoms with Crippen LogP contribution in [0, 0.1) is 0 Å². The van der Waals surface area contributed by atoms with E-state index >= 15 is 0 Å². The Kier molecular flexibility index (Phi) is 13.1. The molecule has 1 aliphatic carbocycles. The van der Waals surface area contributed by atoms with Gasteiger partial charge in [0, 0.05) is 46.8 Å². The summed E-state index contributed by atoms with van der Waals surface area (Å²) in [5.41, 5.74) is 12.8. The molecule has 1 aliphatic rings. The van der Waals surface area contributed by atoms with E-state index in [9.17, 15) is 4.79 Å². The molecule has 9 rings (SSSR count). The number of carbonyl (C=O) groups excluding carboxylic acids is 1. The summed E-state index contributed by atoms with van der Waals surface area (Å²) in [6.07, 6.45) is 2.95. The molecule has 0 unspecified atom stereocenters. The molecule has 0 heterocycles. The molecule has 0 atom stereocenters. The van der Waals surface area contributed by atoms with Gasteiger partial charge in [-0.1, -0.05) is 174 Å². The summed E-state index contributed by atoms with van der Waals surface area (Å²) in [5, 5.41) is 0. The predicted molar refractivity (Wildman–Crippen MR) is 253 cm³/mol. The molecule has 0 aliphatic heterocycles. The molecule has 6 heteroatoms.